The molecule has 0 spiro atoms. The molecular weight excluding hydrogens is 406 g/mol. The number of carbonyl (C=O) groups excluding carboxylic acids is 2. The van der Waals surface area contributed by atoms with E-state index in [0.29, 0.717) is 18.1 Å². The summed E-state index contributed by atoms with van der Waals surface area (Å²) in [7, 11) is 4.00. The summed E-state index contributed by atoms with van der Waals surface area (Å²) in [6, 6.07) is 16.0. The molecule has 1 atom stereocenters. The first-order chi connectivity index (χ1) is 15.0. The van der Waals surface area contributed by atoms with E-state index in [4.69, 9.17) is 0 Å². The van der Waals surface area contributed by atoms with Crippen LogP contribution in [0.25, 0.3) is 0 Å². The zero-order valence-corrected chi connectivity index (χ0v) is 19.2. The average Bonchev–Trinajstić information content (AvgIpc) is 3.42. The predicted octanol–water partition coefficient (Wildman–Crippen LogP) is 5.44. The maximum atomic E-state index is 12.7. The van der Waals surface area contributed by atoms with Crippen molar-refractivity contribution in [2.45, 2.75) is 43.9 Å². The number of thioether (sulfide) groups is 1. The summed E-state index contributed by atoms with van der Waals surface area (Å²) in [6.07, 6.45) is 6.70. The Morgan fingerprint density at radius 3 is 2.58 bits per heavy atom. The van der Waals surface area contributed by atoms with Crippen molar-refractivity contribution in [1.29, 1.82) is 0 Å². The molecule has 4 rings (SSSR count). The Labute approximate surface area is 189 Å². The number of nitrogens with one attached hydrogen (secondary N) is 1. The van der Waals surface area contributed by atoms with E-state index in [0.717, 1.165) is 29.0 Å². The molecule has 2 amide bonds. The number of anilines is 3. The molecule has 2 aliphatic rings. The van der Waals surface area contributed by atoms with E-state index in [1.54, 1.807) is 11.8 Å². The van der Waals surface area contributed by atoms with Crippen molar-refractivity contribution in [2.24, 2.45) is 5.92 Å². The second kappa shape index (κ2) is 9.77. The van der Waals surface area contributed by atoms with Crippen LogP contribution in [-0.4, -0.2) is 31.7 Å². The summed E-state index contributed by atoms with van der Waals surface area (Å²) in [5.74, 6) is 1.36. The SMILES string of the molecule is CN(C)c1ccc(N2C(=O)CSC2c2cccc(NC(=O)CCC3CCCC3)c2)cc1. The molecule has 0 radical (unpaired) electrons. The number of amides is 2. The van der Waals surface area contributed by atoms with Crippen molar-refractivity contribution in [3.8, 4) is 0 Å². The highest BCUT2D eigenvalue weighted by molar-refractivity contribution is 8.00. The van der Waals surface area contributed by atoms with Crippen molar-refractivity contribution in [2.75, 3.05) is 35.0 Å². The summed E-state index contributed by atoms with van der Waals surface area (Å²) in [6.45, 7) is 0. The lowest BCUT2D eigenvalue weighted by Gasteiger charge is -2.25. The van der Waals surface area contributed by atoms with E-state index < -0.39 is 0 Å². The first kappa shape index (κ1) is 21.8. The van der Waals surface area contributed by atoms with Crippen LogP contribution < -0.4 is 15.1 Å². The van der Waals surface area contributed by atoms with Crippen LogP contribution >= 0.6 is 11.8 Å². The molecule has 31 heavy (non-hydrogen) atoms. The first-order valence-electron chi connectivity index (χ1n) is 11.1. The van der Waals surface area contributed by atoms with Gasteiger partial charge in [0, 0.05) is 37.6 Å². The van der Waals surface area contributed by atoms with E-state index in [9.17, 15) is 9.59 Å². The Morgan fingerprint density at radius 2 is 1.87 bits per heavy atom. The molecule has 1 unspecified atom stereocenters. The Hall–Kier alpha value is -2.47. The molecule has 164 valence electrons. The van der Waals surface area contributed by atoms with Crippen LogP contribution in [0, 0.1) is 5.92 Å². The number of benzene rings is 2. The van der Waals surface area contributed by atoms with Crippen molar-refractivity contribution in [3.63, 3.8) is 0 Å². The molecule has 1 saturated heterocycles. The zero-order valence-electron chi connectivity index (χ0n) is 18.3. The lowest BCUT2D eigenvalue weighted by molar-refractivity contribution is -0.117. The molecule has 2 fully saturated rings. The summed E-state index contributed by atoms with van der Waals surface area (Å²) >= 11 is 1.62. The minimum absolute atomic E-state index is 0.0790. The normalized spacial score (nSPS) is 19.1. The van der Waals surface area contributed by atoms with Gasteiger partial charge in [-0.3, -0.25) is 14.5 Å². The molecule has 6 heteroatoms. The van der Waals surface area contributed by atoms with Crippen molar-refractivity contribution < 1.29 is 9.59 Å². The molecule has 1 aliphatic carbocycles. The van der Waals surface area contributed by atoms with E-state index >= 15 is 0 Å². The fourth-order valence-corrected chi connectivity index (χ4v) is 5.66. The van der Waals surface area contributed by atoms with Gasteiger partial charge in [-0.1, -0.05) is 37.8 Å². The number of hydrogen-bond donors (Lipinski definition) is 1. The van der Waals surface area contributed by atoms with Gasteiger partial charge in [0.05, 0.1) is 5.75 Å². The van der Waals surface area contributed by atoms with Gasteiger partial charge >= 0.3 is 0 Å². The summed E-state index contributed by atoms with van der Waals surface area (Å²) in [5.41, 5.74) is 3.83. The van der Waals surface area contributed by atoms with Gasteiger partial charge in [0.15, 0.2) is 0 Å². The molecule has 1 saturated carbocycles. The Bertz CT molecular complexity index is 923. The number of hydrogen-bond acceptors (Lipinski definition) is 4. The van der Waals surface area contributed by atoms with Crippen LogP contribution in [0.1, 0.15) is 49.5 Å². The van der Waals surface area contributed by atoms with Gasteiger partial charge in [-0.15, -0.1) is 11.8 Å². The van der Waals surface area contributed by atoms with Crippen LogP contribution in [-0.2, 0) is 9.59 Å². The summed E-state index contributed by atoms with van der Waals surface area (Å²) < 4.78 is 0. The minimum atomic E-state index is -0.0898. The number of carbonyl (C=O) groups is 2. The van der Waals surface area contributed by atoms with Crippen molar-refractivity contribution in [1.82, 2.24) is 0 Å². The van der Waals surface area contributed by atoms with Gasteiger partial charge in [-0.2, -0.15) is 0 Å². The Balaban J connectivity index is 1.45. The molecule has 1 N–H and O–H groups in total. The van der Waals surface area contributed by atoms with Crippen LogP contribution in [0.15, 0.2) is 48.5 Å². The average molecular weight is 438 g/mol. The lowest BCUT2D eigenvalue weighted by Crippen LogP contribution is -2.27. The van der Waals surface area contributed by atoms with Crippen LogP contribution in [0.2, 0.25) is 0 Å². The van der Waals surface area contributed by atoms with Gasteiger partial charge in [0.25, 0.3) is 0 Å². The second-order valence-electron chi connectivity index (χ2n) is 8.70. The van der Waals surface area contributed by atoms with Crippen LogP contribution in [0.5, 0.6) is 0 Å². The fraction of sp³-hybridized carbons (Fsp3) is 0.440. The van der Waals surface area contributed by atoms with Crippen LogP contribution in [0.3, 0.4) is 0 Å². The van der Waals surface area contributed by atoms with Crippen LogP contribution in [0.4, 0.5) is 17.1 Å². The maximum Gasteiger partial charge on any atom is 0.238 e. The topological polar surface area (TPSA) is 52.6 Å². The molecule has 0 aromatic heterocycles. The maximum absolute atomic E-state index is 12.7. The standard InChI is InChI=1S/C25H31N3O2S/c1-27(2)21-11-13-22(14-12-21)28-24(30)17-31-25(28)19-8-5-9-20(16-19)26-23(29)15-10-18-6-3-4-7-18/h5,8-9,11-14,16,18,25H,3-4,6-7,10,15,17H2,1-2H3,(H,26,29). The van der Waals surface area contributed by atoms with Gasteiger partial charge < -0.3 is 10.2 Å². The molecule has 0 bridgehead atoms. The third kappa shape index (κ3) is 5.24. The number of nitrogens with zero attached hydrogens (tertiary/aromatic N) is 2. The molecular formula is C25H31N3O2S. The Morgan fingerprint density at radius 1 is 1.13 bits per heavy atom. The van der Waals surface area contributed by atoms with E-state index in [2.05, 4.69) is 5.32 Å². The Kier molecular flexibility index (Phi) is 6.86. The summed E-state index contributed by atoms with van der Waals surface area (Å²) in [4.78, 5) is 29.0. The molecule has 5 nitrogen and oxygen atoms in total. The summed E-state index contributed by atoms with van der Waals surface area (Å²) in [5, 5.41) is 2.97. The minimum Gasteiger partial charge on any atom is -0.378 e. The zero-order chi connectivity index (χ0) is 21.8. The molecule has 1 heterocycles. The lowest BCUT2D eigenvalue weighted by atomic mass is 10.0. The third-order valence-electron chi connectivity index (χ3n) is 6.22. The smallest absolute Gasteiger partial charge is 0.238 e. The van der Waals surface area contributed by atoms with Gasteiger partial charge in [0.1, 0.15) is 5.37 Å². The van der Waals surface area contributed by atoms with Gasteiger partial charge in [-0.25, -0.2) is 0 Å². The molecule has 1 aliphatic heterocycles. The van der Waals surface area contributed by atoms with Gasteiger partial charge in [-0.05, 0) is 54.3 Å². The van der Waals surface area contributed by atoms with Gasteiger partial charge in [0.2, 0.25) is 11.8 Å². The molecule has 2 aromatic rings. The quantitative estimate of drug-likeness (QED) is 0.627. The fourth-order valence-electron chi connectivity index (χ4n) is 4.49. The van der Waals surface area contributed by atoms with Crippen molar-refractivity contribution in [3.05, 3.63) is 54.1 Å². The number of rotatable bonds is 7. The van der Waals surface area contributed by atoms with E-state index in [1.807, 2.05) is 72.4 Å². The van der Waals surface area contributed by atoms with E-state index in [-0.39, 0.29) is 17.2 Å². The largest absolute Gasteiger partial charge is 0.378 e. The van der Waals surface area contributed by atoms with Crippen molar-refractivity contribution >= 4 is 40.6 Å². The highest BCUT2D eigenvalue weighted by Crippen LogP contribution is 2.42. The predicted molar refractivity (Wildman–Crippen MR) is 130 cm³/mol. The second-order valence-corrected chi connectivity index (χ2v) is 9.77. The highest BCUT2D eigenvalue weighted by Gasteiger charge is 2.34. The first-order valence-corrected chi connectivity index (χ1v) is 12.2. The highest BCUT2D eigenvalue weighted by atomic mass is 32.2. The van der Waals surface area contributed by atoms with E-state index in [1.165, 1.54) is 25.7 Å². The molecule has 2 aromatic carbocycles. The monoisotopic (exact) mass is 437 g/mol. The third-order valence-corrected chi connectivity index (χ3v) is 7.43.